The molecule has 0 radical (unpaired) electrons. The Balaban J connectivity index is 2.21. The Bertz CT molecular complexity index is 547. The van der Waals surface area contributed by atoms with Gasteiger partial charge in [-0.15, -0.1) is 5.10 Å². The van der Waals surface area contributed by atoms with Crippen LogP contribution < -0.4 is 0 Å². The summed E-state index contributed by atoms with van der Waals surface area (Å²) in [6.07, 6.45) is 0.215. The van der Waals surface area contributed by atoms with Crippen molar-refractivity contribution in [3.05, 3.63) is 45.2 Å². The van der Waals surface area contributed by atoms with Gasteiger partial charge in [0.05, 0.1) is 21.7 Å². The fourth-order valence-corrected chi connectivity index (χ4v) is 2.65. The van der Waals surface area contributed by atoms with Crippen molar-refractivity contribution in [1.29, 1.82) is 0 Å². The predicted octanol–water partition coefficient (Wildman–Crippen LogP) is 3.17. The molecule has 0 spiro atoms. The van der Waals surface area contributed by atoms with E-state index >= 15 is 0 Å². The molecule has 1 aromatic carbocycles. The van der Waals surface area contributed by atoms with Crippen molar-refractivity contribution in [2.24, 2.45) is 0 Å². The predicted molar refractivity (Wildman–Crippen MR) is 69.4 cm³/mol. The Hall–Kier alpha value is -1.04. The van der Waals surface area contributed by atoms with Gasteiger partial charge >= 0.3 is 0 Å². The quantitative estimate of drug-likeness (QED) is 0.939. The van der Waals surface area contributed by atoms with Crippen molar-refractivity contribution < 1.29 is 9.50 Å². The summed E-state index contributed by atoms with van der Waals surface area (Å²) < 4.78 is 17.1. The van der Waals surface area contributed by atoms with E-state index in [1.807, 2.05) is 6.92 Å². The van der Waals surface area contributed by atoms with Crippen LogP contribution in [0.15, 0.2) is 18.2 Å². The lowest BCUT2D eigenvalue weighted by Crippen LogP contribution is -2.03. The SMILES string of the molecule is CCc1nnsc1C(O)Cc1cccc(F)c1Cl. The Labute approximate surface area is 113 Å². The first kappa shape index (κ1) is 13.4. The van der Waals surface area contributed by atoms with Crippen LogP contribution in [0.25, 0.3) is 0 Å². The summed E-state index contributed by atoms with van der Waals surface area (Å²) >= 11 is 7.02. The van der Waals surface area contributed by atoms with E-state index in [0.717, 1.165) is 22.1 Å². The van der Waals surface area contributed by atoms with Gasteiger partial charge in [-0.1, -0.05) is 35.1 Å². The maximum atomic E-state index is 13.3. The molecule has 1 atom stereocenters. The minimum absolute atomic E-state index is 0.0621. The van der Waals surface area contributed by atoms with E-state index in [-0.39, 0.29) is 11.4 Å². The topological polar surface area (TPSA) is 46.0 Å². The lowest BCUT2D eigenvalue weighted by Gasteiger charge is -2.11. The lowest BCUT2D eigenvalue weighted by molar-refractivity contribution is 0.181. The summed E-state index contributed by atoms with van der Waals surface area (Å²) in [5.41, 5.74) is 1.36. The van der Waals surface area contributed by atoms with E-state index in [0.29, 0.717) is 12.0 Å². The van der Waals surface area contributed by atoms with Crippen LogP contribution in [0.3, 0.4) is 0 Å². The van der Waals surface area contributed by atoms with Gasteiger partial charge in [-0.25, -0.2) is 4.39 Å². The van der Waals surface area contributed by atoms with E-state index in [1.54, 1.807) is 12.1 Å². The van der Waals surface area contributed by atoms with Crippen LogP contribution in [0, 0.1) is 5.82 Å². The van der Waals surface area contributed by atoms with E-state index < -0.39 is 11.9 Å². The van der Waals surface area contributed by atoms with E-state index in [1.165, 1.54) is 6.07 Å². The molecule has 2 aromatic rings. The third-order valence-corrected chi connectivity index (χ3v) is 3.96. The third-order valence-electron chi connectivity index (χ3n) is 2.67. The highest BCUT2D eigenvalue weighted by Crippen LogP contribution is 2.28. The molecule has 1 aromatic heterocycles. The maximum absolute atomic E-state index is 13.3. The Morgan fingerprint density at radius 3 is 3.00 bits per heavy atom. The van der Waals surface area contributed by atoms with Gasteiger partial charge in [0.1, 0.15) is 5.82 Å². The molecule has 2 rings (SSSR count). The van der Waals surface area contributed by atoms with Crippen LogP contribution in [-0.2, 0) is 12.8 Å². The number of hydrogen-bond acceptors (Lipinski definition) is 4. The van der Waals surface area contributed by atoms with Crippen LogP contribution in [0.5, 0.6) is 0 Å². The molecule has 0 aliphatic carbocycles. The van der Waals surface area contributed by atoms with Gasteiger partial charge in [-0.05, 0) is 29.6 Å². The molecule has 1 unspecified atom stereocenters. The smallest absolute Gasteiger partial charge is 0.142 e. The maximum Gasteiger partial charge on any atom is 0.142 e. The van der Waals surface area contributed by atoms with Crippen molar-refractivity contribution in [1.82, 2.24) is 9.59 Å². The minimum atomic E-state index is -0.751. The van der Waals surface area contributed by atoms with Crippen molar-refractivity contribution in [3.8, 4) is 0 Å². The molecule has 0 aliphatic rings. The van der Waals surface area contributed by atoms with Crippen LogP contribution in [0.2, 0.25) is 5.02 Å². The second-order valence-corrected chi connectivity index (χ2v) is 5.03. The first-order valence-electron chi connectivity index (χ1n) is 5.55. The summed E-state index contributed by atoms with van der Waals surface area (Å²) in [7, 11) is 0. The number of aliphatic hydroxyl groups excluding tert-OH is 1. The van der Waals surface area contributed by atoms with Crippen LogP contribution in [0.1, 0.15) is 29.2 Å². The van der Waals surface area contributed by atoms with Crippen molar-refractivity contribution in [2.75, 3.05) is 0 Å². The normalized spacial score (nSPS) is 12.7. The van der Waals surface area contributed by atoms with Crippen LogP contribution in [0.4, 0.5) is 4.39 Å². The summed E-state index contributed by atoms with van der Waals surface area (Å²) in [5, 5.41) is 14.1. The fourth-order valence-electron chi connectivity index (χ4n) is 1.72. The van der Waals surface area contributed by atoms with Crippen molar-refractivity contribution in [3.63, 3.8) is 0 Å². The molecule has 0 bridgehead atoms. The Kier molecular flexibility index (Phi) is 4.27. The number of benzene rings is 1. The number of hydrogen-bond donors (Lipinski definition) is 1. The molecule has 0 amide bonds. The van der Waals surface area contributed by atoms with Gasteiger partial charge in [0.2, 0.25) is 0 Å². The van der Waals surface area contributed by atoms with E-state index in [9.17, 15) is 9.50 Å². The second kappa shape index (κ2) is 5.73. The zero-order valence-electron chi connectivity index (χ0n) is 9.73. The molecular formula is C12H12ClFN2OS. The molecule has 3 nitrogen and oxygen atoms in total. The number of rotatable bonds is 4. The van der Waals surface area contributed by atoms with Gasteiger partial charge in [0, 0.05) is 6.42 Å². The Morgan fingerprint density at radius 2 is 2.28 bits per heavy atom. The van der Waals surface area contributed by atoms with Gasteiger partial charge in [-0.3, -0.25) is 0 Å². The van der Waals surface area contributed by atoms with Gasteiger partial charge < -0.3 is 5.11 Å². The number of halogens is 2. The average Bonchev–Trinajstić information content (AvgIpc) is 2.83. The average molecular weight is 287 g/mol. The number of aryl methyl sites for hydroxylation is 1. The number of aromatic nitrogens is 2. The van der Waals surface area contributed by atoms with Crippen molar-refractivity contribution in [2.45, 2.75) is 25.9 Å². The highest BCUT2D eigenvalue weighted by Gasteiger charge is 2.18. The molecular weight excluding hydrogens is 275 g/mol. The van der Waals surface area contributed by atoms with E-state index in [2.05, 4.69) is 9.59 Å². The van der Waals surface area contributed by atoms with E-state index in [4.69, 9.17) is 11.6 Å². The third kappa shape index (κ3) is 2.68. The summed E-state index contributed by atoms with van der Waals surface area (Å²) in [6.45, 7) is 1.95. The number of nitrogens with zero attached hydrogens (tertiary/aromatic N) is 2. The molecule has 0 aliphatic heterocycles. The highest BCUT2D eigenvalue weighted by atomic mass is 35.5. The monoisotopic (exact) mass is 286 g/mol. The first-order chi connectivity index (χ1) is 8.63. The lowest BCUT2D eigenvalue weighted by atomic mass is 10.1. The minimum Gasteiger partial charge on any atom is -0.387 e. The number of aliphatic hydroxyl groups is 1. The van der Waals surface area contributed by atoms with Gasteiger partial charge in [0.15, 0.2) is 0 Å². The van der Waals surface area contributed by atoms with Crippen LogP contribution >= 0.6 is 23.1 Å². The fraction of sp³-hybridized carbons (Fsp3) is 0.333. The standard InChI is InChI=1S/C12H12ClFN2OS/c1-2-9-12(18-16-15-9)10(17)6-7-4-3-5-8(14)11(7)13/h3-5,10,17H,2,6H2,1H3. The van der Waals surface area contributed by atoms with Crippen LogP contribution in [-0.4, -0.2) is 14.7 Å². The van der Waals surface area contributed by atoms with Gasteiger partial charge in [0.25, 0.3) is 0 Å². The van der Waals surface area contributed by atoms with Gasteiger partial charge in [-0.2, -0.15) is 0 Å². The molecule has 6 heteroatoms. The molecule has 0 saturated heterocycles. The molecule has 0 fully saturated rings. The largest absolute Gasteiger partial charge is 0.387 e. The zero-order valence-corrected chi connectivity index (χ0v) is 11.3. The second-order valence-electron chi connectivity index (χ2n) is 3.87. The summed E-state index contributed by atoms with van der Waals surface area (Å²) in [5.74, 6) is -0.473. The summed E-state index contributed by atoms with van der Waals surface area (Å²) in [4.78, 5) is 0.720. The molecule has 18 heavy (non-hydrogen) atoms. The Morgan fingerprint density at radius 1 is 1.50 bits per heavy atom. The molecule has 96 valence electrons. The van der Waals surface area contributed by atoms with Crippen molar-refractivity contribution >= 4 is 23.1 Å². The highest BCUT2D eigenvalue weighted by molar-refractivity contribution is 7.05. The first-order valence-corrected chi connectivity index (χ1v) is 6.70. The zero-order chi connectivity index (χ0) is 13.1. The molecule has 1 N–H and O–H groups in total. The molecule has 0 saturated carbocycles. The molecule has 1 heterocycles. The summed E-state index contributed by atoms with van der Waals surface area (Å²) in [6, 6.07) is 4.58.